The van der Waals surface area contributed by atoms with Crippen LogP contribution in [0.3, 0.4) is 0 Å². The summed E-state index contributed by atoms with van der Waals surface area (Å²) in [6.45, 7) is 12.8. The van der Waals surface area contributed by atoms with E-state index in [0.29, 0.717) is 0 Å². The average Bonchev–Trinajstić information content (AvgIpc) is 2.66. The number of benzene rings is 1. The van der Waals surface area contributed by atoms with Crippen molar-refractivity contribution in [2.45, 2.75) is 97.5 Å². The third-order valence-electron chi connectivity index (χ3n) is 5.58. The summed E-state index contributed by atoms with van der Waals surface area (Å²) in [6, 6.07) is 10.6. The SMILES string of the molecule is CCC[CH2][Sn]([CH2]CCC)([CH2]CCC)[CH](OC(=O)C(C)(C)C)c1ccccc1. The van der Waals surface area contributed by atoms with Gasteiger partial charge in [-0.15, -0.1) is 0 Å². The molecule has 1 unspecified atom stereocenters. The molecule has 0 aliphatic rings. The van der Waals surface area contributed by atoms with Crippen molar-refractivity contribution in [1.29, 1.82) is 0 Å². The van der Waals surface area contributed by atoms with Crippen LogP contribution in [0.1, 0.15) is 89.8 Å². The van der Waals surface area contributed by atoms with Crippen LogP contribution in [0.5, 0.6) is 0 Å². The van der Waals surface area contributed by atoms with Crippen molar-refractivity contribution in [3.63, 3.8) is 0 Å². The molecule has 1 atom stereocenters. The number of ether oxygens (including phenoxy) is 1. The molecule has 0 bridgehead atoms. The van der Waals surface area contributed by atoms with Crippen LogP contribution in [0.25, 0.3) is 0 Å². The van der Waals surface area contributed by atoms with Gasteiger partial charge in [0, 0.05) is 0 Å². The molecule has 2 nitrogen and oxygen atoms in total. The van der Waals surface area contributed by atoms with Crippen molar-refractivity contribution >= 4 is 24.3 Å². The molecule has 3 heteroatoms. The Morgan fingerprint density at radius 2 is 1.33 bits per heavy atom. The molecule has 0 fully saturated rings. The van der Waals surface area contributed by atoms with Crippen molar-refractivity contribution < 1.29 is 9.53 Å². The fraction of sp³-hybridized carbons (Fsp3) is 0.708. The summed E-state index contributed by atoms with van der Waals surface area (Å²) in [4.78, 5) is 12.9. The first kappa shape index (κ1) is 24.5. The van der Waals surface area contributed by atoms with Crippen LogP contribution in [-0.2, 0) is 9.53 Å². The van der Waals surface area contributed by atoms with Crippen molar-refractivity contribution in [2.24, 2.45) is 5.41 Å². The molecule has 1 aromatic rings. The molecule has 27 heavy (non-hydrogen) atoms. The van der Waals surface area contributed by atoms with Gasteiger partial charge in [-0.05, 0) is 0 Å². The summed E-state index contributed by atoms with van der Waals surface area (Å²) in [5.74, 6) is -0.0399. The second-order valence-electron chi connectivity index (χ2n) is 9.12. The van der Waals surface area contributed by atoms with Gasteiger partial charge in [0.15, 0.2) is 0 Å². The molecule has 0 radical (unpaired) electrons. The van der Waals surface area contributed by atoms with Crippen molar-refractivity contribution in [2.75, 3.05) is 0 Å². The molecule has 0 saturated heterocycles. The van der Waals surface area contributed by atoms with E-state index in [-0.39, 0.29) is 10.1 Å². The monoisotopic (exact) mass is 482 g/mol. The number of unbranched alkanes of at least 4 members (excludes halogenated alkanes) is 3. The summed E-state index contributed by atoms with van der Waals surface area (Å²) in [5, 5.41) is 0. The van der Waals surface area contributed by atoms with Gasteiger partial charge in [0.05, 0.1) is 0 Å². The summed E-state index contributed by atoms with van der Waals surface area (Å²) >= 11 is -2.76. The van der Waals surface area contributed by atoms with E-state index in [1.807, 2.05) is 20.8 Å². The summed E-state index contributed by atoms with van der Waals surface area (Å²) in [5.41, 5.74) is 0.791. The Balaban J connectivity index is 3.37. The Kier molecular flexibility index (Phi) is 11.0. The average molecular weight is 481 g/mol. The molecule has 0 saturated carbocycles. The predicted octanol–water partition coefficient (Wildman–Crippen LogP) is 7.71. The number of hydrogen-bond donors (Lipinski definition) is 0. The standard InChI is InChI=1S/C12H15O2.3C4H9.Sn/c1-12(2,3)11(13)14-9-10-7-5-4-6-8-10;3*1-3-4-2;/h4-9H,1-3H3;3*1,3-4H2,2H3;. The molecule has 154 valence electrons. The van der Waals surface area contributed by atoms with Crippen LogP contribution >= 0.6 is 0 Å². The fourth-order valence-electron chi connectivity index (χ4n) is 3.81. The fourth-order valence-corrected chi connectivity index (χ4v) is 20.8. The van der Waals surface area contributed by atoms with Gasteiger partial charge < -0.3 is 0 Å². The topological polar surface area (TPSA) is 26.3 Å². The Labute approximate surface area is 172 Å². The van der Waals surface area contributed by atoms with Gasteiger partial charge in [0.1, 0.15) is 0 Å². The quantitative estimate of drug-likeness (QED) is 0.226. The molecular formula is C24H42O2Sn. The van der Waals surface area contributed by atoms with Crippen molar-refractivity contribution in [3.05, 3.63) is 35.9 Å². The molecule has 0 heterocycles. The second-order valence-corrected chi connectivity index (χ2v) is 22.7. The predicted molar refractivity (Wildman–Crippen MR) is 120 cm³/mol. The molecule has 0 aromatic heterocycles. The van der Waals surface area contributed by atoms with Gasteiger partial charge in [-0.3, -0.25) is 0 Å². The molecule has 1 rings (SSSR count). The van der Waals surface area contributed by atoms with Crippen LogP contribution in [0, 0.1) is 5.41 Å². The van der Waals surface area contributed by atoms with Gasteiger partial charge in [-0.2, -0.15) is 0 Å². The Morgan fingerprint density at radius 3 is 1.70 bits per heavy atom. The van der Waals surface area contributed by atoms with Gasteiger partial charge >= 0.3 is 173 Å². The third-order valence-corrected chi connectivity index (χ3v) is 21.6. The summed E-state index contributed by atoms with van der Waals surface area (Å²) in [6.07, 6.45) is 7.52. The number of rotatable bonds is 12. The van der Waals surface area contributed by atoms with Gasteiger partial charge in [0.25, 0.3) is 0 Å². The maximum absolute atomic E-state index is 12.9. The first-order valence-corrected chi connectivity index (χ1v) is 18.8. The molecule has 0 amide bonds. The zero-order chi connectivity index (χ0) is 20.3. The summed E-state index contributed by atoms with van der Waals surface area (Å²) < 4.78 is 10.5. The maximum atomic E-state index is 12.9. The Bertz CT molecular complexity index is 511. The molecular weight excluding hydrogens is 439 g/mol. The van der Waals surface area contributed by atoms with E-state index in [4.69, 9.17) is 4.74 Å². The van der Waals surface area contributed by atoms with E-state index in [9.17, 15) is 4.79 Å². The van der Waals surface area contributed by atoms with E-state index in [0.717, 1.165) is 0 Å². The number of hydrogen-bond acceptors (Lipinski definition) is 2. The Hall–Kier alpha value is -0.511. The summed E-state index contributed by atoms with van der Waals surface area (Å²) in [7, 11) is 0. The Morgan fingerprint density at radius 1 is 0.889 bits per heavy atom. The zero-order valence-electron chi connectivity index (χ0n) is 18.6. The van der Waals surface area contributed by atoms with Crippen molar-refractivity contribution in [1.82, 2.24) is 0 Å². The first-order chi connectivity index (χ1) is 12.8. The molecule has 0 spiro atoms. The van der Waals surface area contributed by atoms with Crippen LogP contribution < -0.4 is 0 Å². The first-order valence-electron chi connectivity index (χ1n) is 11.1. The van der Waals surface area contributed by atoms with E-state index >= 15 is 0 Å². The van der Waals surface area contributed by atoms with Gasteiger partial charge in [0.2, 0.25) is 0 Å². The number of esters is 1. The second kappa shape index (κ2) is 12.1. The van der Waals surface area contributed by atoms with E-state index < -0.39 is 23.8 Å². The normalized spacial score (nSPS) is 13.4. The van der Waals surface area contributed by atoms with E-state index in [2.05, 4.69) is 51.1 Å². The molecule has 0 aliphatic heterocycles. The van der Waals surface area contributed by atoms with E-state index in [1.54, 1.807) is 0 Å². The van der Waals surface area contributed by atoms with Gasteiger partial charge in [-0.25, -0.2) is 0 Å². The minimum atomic E-state index is -2.76. The third kappa shape index (κ3) is 7.79. The van der Waals surface area contributed by atoms with Crippen LogP contribution in [0.15, 0.2) is 30.3 Å². The minimum absolute atomic E-state index is 0.0399. The number of carbonyl (C=O) groups excluding carboxylic acids is 1. The van der Waals surface area contributed by atoms with Crippen molar-refractivity contribution in [3.8, 4) is 0 Å². The van der Waals surface area contributed by atoms with Crippen LogP contribution in [0.4, 0.5) is 0 Å². The zero-order valence-corrected chi connectivity index (χ0v) is 21.5. The van der Waals surface area contributed by atoms with E-state index in [1.165, 1.54) is 57.4 Å². The molecule has 0 aliphatic carbocycles. The number of carbonyl (C=O) groups is 1. The van der Waals surface area contributed by atoms with Gasteiger partial charge in [-0.1, -0.05) is 0 Å². The molecule has 1 aromatic carbocycles. The molecule has 0 N–H and O–H groups in total. The van der Waals surface area contributed by atoms with Crippen LogP contribution in [-0.4, -0.2) is 24.3 Å². The van der Waals surface area contributed by atoms with Crippen LogP contribution in [0.2, 0.25) is 13.3 Å².